The normalized spacial score (nSPS) is 15.6. The molecule has 0 bridgehead atoms. The molecule has 0 aliphatic carbocycles. The SMILES string of the molecule is CCCCCNC(=O)C1CCN(C(=O)c2cccc(S(=O)(=O)N(C)C)c2)CC1. The zero-order valence-corrected chi connectivity index (χ0v) is 17.8. The molecule has 0 atom stereocenters. The van der Waals surface area contributed by atoms with E-state index in [1.54, 1.807) is 17.0 Å². The Bertz CT molecular complexity index is 784. The molecule has 0 aromatic heterocycles. The van der Waals surface area contributed by atoms with Gasteiger partial charge in [-0.1, -0.05) is 25.8 Å². The van der Waals surface area contributed by atoms with Crippen molar-refractivity contribution in [3.05, 3.63) is 29.8 Å². The van der Waals surface area contributed by atoms with E-state index in [0.29, 0.717) is 38.0 Å². The number of hydrogen-bond acceptors (Lipinski definition) is 4. The number of piperidine rings is 1. The summed E-state index contributed by atoms with van der Waals surface area (Å²) < 4.78 is 25.7. The van der Waals surface area contributed by atoms with Crippen molar-refractivity contribution >= 4 is 21.8 Å². The number of unbranched alkanes of at least 4 members (excludes halogenated alkanes) is 2. The van der Waals surface area contributed by atoms with Crippen LogP contribution in [0.2, 0.25) is 0 Å². The Kier molecular flexibility index (Phi) is 8.00. The number of benzene rings is 1. The minimum absolute atomic E-state index is 0.0638. The molecule has 1 aromatic rings. The van der Waals surface area contributed by atoms with Gasteiger partial charge in [0, 0.05) is 45.2 Å². The van der Waals surface area contributed by atoms with Crippen LogP contribution in [-0.4, -0.2) is 63.2 Å². The van der Waals surface area contributed by atoms with E-state index in [1.807, 2.05) is 0 Å². The summed E-state index contributed by atoms with van der Waals surface area (Å²) in [7, 11) is -0.667. The fraction of sp³-hybridized carbons (Fsp3) is 0.600. The van der Waals surface area contributed by atoms with Gasteiger partial charge in [0.25, 0.3) is 5.91 Å². The first-order valence-corrected chi connectivity index (χ1v) is 11.3. The number of hydrogen-bond donors (Lipinski definition) is 1. The van der Waals surface area contributed by atoms with E-state index in [4.69, 9.17) is 0 Å². The van der Waals surface area contributed by atoms with Crippen LogP contribution in [0.5, 0.6) is 0 Å². The highest BCUT2D eigenvalue weighted by Crippen LogP contribution is 2.21. The number of sulfonamides is 1. The van der Waals surface area contributed by atoms with E-state index >= 15 is 0 Å². The van der Waals surface area contributed by atoms with Gasteiger partial charge >= 0.3 is 0 Å². The van der Waals surface area contributed by atoms with Crippen LogP contribution < -0.4 is 5.32 Å². The van der Waals surface area contributed by atoms with E-state index in [1.165, 1.54) is 26.2 Å². The van der Waals surface area contributed by atoms with Crippen LogP contribution in [0.4, 0.5) is 0 Å². The second-order valence-corrected chi connectivity index (χ2v) is 9.53. The van der Waals surface area contributed by atoms with Crippen LogP contribution in [-0.2, 0) is 14.8 Å². The number of likely N-dealkylation sites (tertiary alicyclic amines) is 1. The van der Waals surface area contributed by atoms with E-state index in [-0.39, 0.29) is 22.6 Å². The molecule has 28 heavy (non-hydrogen) atoms. The van der Waals surface area contributed by atoms with Crippen molar-refractivity contribution in [1.29, 1.82) is 0 Å². The third-order valence-electron chi connectivity index (χ3n) is 5.09. The first-order valence-electron chi connectivity index (χ1n) is 9.87. The highest BCUT2D eigenvalue weighted by Gasteiger charge is 2.28. The second-order valence-electron chi connectivity index (χ2n) is 7.38. The van der Waals surface area contributed by atoms with Crippen LogP contribution in [0, 0.1) is 5.92 Å². The van der Waals surface area contributed by atoms with Gasteiger partial charge < -0.3 is 10.2 Å². The predicted molar refractivity (Wildman–Crippen MR) is 108 cm³/mol. The lowest BCUT2D eigenvalue weighted by atomic mass is 9.95. The molecule has 1 heterocycles. The van der Waals surface area contributed by atoms with Crippen molar-refractivity contribution in [3.8, 4) is 0 Å². The van der Waals surface area contributed by atoms with Crippen molar-refractivity contribution in [1.82, 2.24) is 14.5 Å². The predicted octanol–water partition coefficient (Wildman–Crippen LogP) is 2.10. The number of nitrogens with one attached hydrogen (secondary N) is 1. The van der Waals surface area contributed by atoms with Gasteiger partial charge in [-0.2, -0.15) is 0 Å². The summed E-state index contributed by atoms with van der Waals surface area (Å²) in [4.78, 5) is 26.8. The fourth-order valence-electron chi connectivity index (χ4n) is 3.26. The molecule has 1 fully saturated rings. The van der Waals surface area contributed by atoms with Crippen molar-refractivity contribution in [3.63, 3.8) is 0 Å². The van der Waals surface area contributed by atoms with Crippen LogP contribution in [0.1, 0.15) is 49.4 Å². The lowest BCUT2D eigenvalue weighted by Crippen LogP contribution is -2.43. The number of nitrogens with zero attached hydrogens (tertiary/aromatic N) is 2. The van der Waals surface area contributed by atoms with Gasteiger partial charge in [-0.3, -0.25) is 9.59 Å². The van der Waals surface area contributed by atoms with E-state index in [0.717, 1.165) is 23.6 Å². The highest BCUT2D eigenvalue weighted by atomic mass is 32.2. The van der Waals surface area contributed by atoms with Crippen molar-refractivity contribution in [2.75, 3.05) is 33.7 Å². The summed E-state index contributed by atoms with van der Waals surface area (Å²) in [6.45, 7) is 3.83. The molecule has 0 spiro atoms. The Hall–Kier alpha value is -1.93. The van der Waals surface area contributed by atoms with E-state index < -0.39 is 10.0 Å². The zero-order valence-electron chi connectivity index (χ0n) is 17.0. The molecule has 0 saturated carbocycles. The Labute approximate surface area is 168 Å². The van der Waals surface area contributed by atoms with Gasteiger partial charge in [0.2, 0.25) is 15.9 Å². The molecular formula is C20H31N3O4S. The molecule has 2 rings (SSSR count). The maximum atomic E-state index is 12.8. The van der Waals surface area contributed by atoms with Crippen molar-refractivity contribution in [2.45, 2.75) is 43.9 Å². The number of amides is 2. The minimum atomic E-state index is -3.59. The third kappa shape index (κ3) is 5.54. The van der Waals surface area contributed by atoms with Crippen LogP contribution in [0.3, 0.4) is 0 Å². The summed E-state index contributed by atoms with van der Waals surface area (Å²) in [6.07, 6.45) is 4.47. The molecule has 0 radical (unpaired) electrons. The Morgan fingerprint density at radius 2 is 1.86 bits per heavy atom. The second kappa shape index (κ2) is 10.0. The van der Waals surface area contributed by atoms with Gasteiger partial charge in [0.05, 0.1) is 4.90 Å². The van der Waals surface area contributed by atoms with Gasteiger partial charge in [0.15, 0.2) is 0 Å². The number of carbonyl (C=O) groups excluding carboxylic acids is 2. The lowest BCUT2D eigenvalue weighted by Gasteiger charge is -2.31. The molecule has 1 aliphatic heterocycles. The quantitative estimate of drug-likeness (QED) is 0.666. The molecule has 8 heteroatoms. The smallest absolute Gasteiger partial charge is 0.253 e. The first-order chi connectivity index (χ1) is 13.3. The first kappa shape index (κ1) is 22.4. The Morgan fingerprint density at radius 1 is 1.18 bits per heavy atom. The maximum absolute atomic E-state index is 12.8. The van der Waals surface area contributed by atoms with Gasteiger partial charge in [-0.05, 0) is 37.5 Å². The van der Waals surface area contributed by atoms with Gasteiger partial charge in [-0.15, -0.1) is 0 Å². The summed E-state index contributed by atoms with van der Waals surface area (Å²) in [5.41, 5.74) is 0.352. The summed E-state index contributed by atoms with van der Waals surface area (Å²) in [5, 5.41) is 2.98. The monoisotopic (exact) mass is 409 g/mol. The molecule has 1 aliphatic rings. The Balaban J connectivity index is 1.94. The molecule has 1 N–H and O–H groups in total. The minimum Gasteiger partial charge on any atom is -0.356 e. The average molecular weight is 410 g/mol. The standard InChI is InChI=1S/C20H31N3O4S/c1-4-5-6-12-21-19(24)16-10-13-23(14-11-16)20(25)17-8-7-9-18(15-17)28(26,27)22(2)3/h7-9,15-16H,4-6,10-14H2,1-3H3,(H,21,24). The Morgan fingerprint density at radius 3 is 2.46 bits per heavy atom. The zero-order chi connectivity index (χ0) is 20.7. The molecular weight excluding hydrogens is 378 g/mol. The molecule has 7 nitrogen and oxygen atoms in total. The maximum Gasteiger partial charge on any atom is 0.253 e. The third-order valence-corrected chi connectivity index (χ3v) is 6.90. The van der Waals surface area contributed by atoms with Gasteiger partial charge in [-0.25, -0.2) is 12.7 Å². The lowest BCUT2D eigenvalue weighted by molar-refractivity contribution is -0.126. The summed E-state index contributed by atoms with van der Waals surface area (Å²) in [6, 6.07) is 6.12. The molecule has 1 aromatic carbocycles. The average Bonchev–Trinajstić information content (AvgIpc) is 2.70. The van der Waals surface area contributed by atoms with Crippen LogP contribution in [0.25, 0.3) is 0 Å². The summed E-state index contributed by atoms with van der Waals surface area (Å²) >= 11 is 0. The van der Waals surface area contributed by atoms with Gasteiger partial charge in [0.1, 0.15) is 0 Å². The molecule has 2 amide bonds. The van der Waals surface area contributed by atoms with Crippen LogP contribution >= 0.6 is 0 Å². The highest BCUT2D eigenvalue weighted by molar-refractivity contribution is 7.89. The van der Waals surface area contributed by atoms with Crippen LogP contribution in [0.15, 0.2) is 29.2 Å². The number of carbonyl (C=O) groups is 2. The summed E-state index contributed by atoms with van der Waals surface area (Å²) in [5.74, 6) is -0.189. The molecule has 1 saturated heterocycles. The van der Waals surface area contributed by atoms with Crippen molar-refractivity contribution < 1.29 is 18.0 Å². The van der Waals surface area contributed by atoms with Crippen molar-refractivity contribution in [2.24, 2.45) is 5.92 Å². The largest absolute Gasteiger partial charge is 0.356 e. The molecule has 0 unspecified atom stereocenters. The topological polar surface area (TPSA) is 86.8 Å². The molecule has 156 valence electrons. The van der Waals surface area contributed by atoms with E-state index in [9.17, 15) is 18.0 Å². The fourth-order valence-corrected chi connectivity index (χ4v) is 4.21. The van der Waals surface area contributed by atoms with E-state index in [2.05, 4.69) is 12.2 Å². The number of rotatable bonds is 8.